The third-order valence-corrected chi connectivity index (χ3v) is 3.39. The molecule has 2 heterocycles. The largest absolute Gasteiger partial charge is 0.292 e. The molecular formula is C15H12ClN3O. The summed E-state index contributed by atoms with van der Waals surface area (Å²) in [5.41, 5.74) is 1.37. The Morgan fingerprint density at radius 2 is 2.10 bits per heavy atom. The molecule has 0 bridgehead atoms. The number of benzene rings is 1. The molecule has 0 atom stereocenters. The molecule has 3 rings (SSSR count). The number of aromatic nitrogens is 3. The molecule has 0 N–H and O–H groups in total. The first-order chi connectivity index (χ1) is 9.65. The van der Waals surface area contributed by atoms with Crippen LogP contribution in [0.2, 0.25) is 5.02 Å². The molecule has 3 aromatic rings. The van der Waals surface area contributed by atoms with Crippen LogP contribution in [0.1, 0.15) is 11.4 Å². The highest BCUT2D eigenvalue weighted by Crippen LogP contribution is 2.12. The molecular weight excluding hydrogens is 274 g/mol. The summed E-state index contributed by atoms with van der Waals surface area (Å²) < 4.78 is 1.63. The summed E-state index contributed by atoms with van der Waals surface area (Å²) in [4.78, 5) is 21.0. The SMILES string of the molecule is Cc1nc2ncccc2c(=O)n1Cc1cccc(Cl)c1. The highest BCUT2D eigenvalue weighted by molar-refractivity contribution is 6.30. The van der Waals surface area contributed by atoms with E-state index < -0.39 is 0 Å². The molecule has 0 saturated carbocycles. The van der Waals surface area contributed by atoms with Crippen molar-refractivity contribution < 1.29 is 0 Å². The summed E-state index contributed by atoms with van der Waals surface area (Å²) >= 11 is 5.97. The fourth-order valence-corrected chi connectivity index (χ4v) is 2.38. The summed E-state index contributed by atoms with van der Waals surface area (Å²) in [6.07, 6.45) is 1.63. The van der Waals surface area contributed by atoms with E-state index in [1.54, 1.807) is 29.8 Å². The number of aryl methyl sites for hydroxylation is 1. The molecule has 0 spiro atoms. The van der Waals surface area contributed by atoms with Crippen molar-refractivity contribution in [2.75, 3.05) is 0 Å². The Kier molecular flexibility index (Phi) is 3.24. The van der Waals surface area contributed by atoms with Gasteiger partial charge < -0.3 is 0 Å². The first kappa shape index (κ1) is 12.8. The summed E-state index contributed by atoms with van der Waals surface area (Å²) in [6, 6.07) is 10.9. The molecule has 1 aromatic carbocycles. The van der Waals surface area contributed by atoms with Crippen LogP contribution in [0, 0.1) is 6.92 Å². The third kappa shape index (κ3) is 2.30. The van der Waals surface area contributed by atoms with E-state index in [-0.39, 0.29) is 5.56 Å². The van der Waals surface area contributed by atoms with Crippen LogP contribution in [-0.4, -0.2) is 14.5 Å². The molecule has 0 aliphatic rings. The Morgan fingerprint density at radius 1 is 1.25 bits per heavy atom. The predicted octanol–water partition coefficient (Wildman–Crippen LogP) is 2.80. The van der Waals surface area contributed by atoms with E-state index in [0.29, 0.717) is 28.4 Å². The number of nitrogens with zero attached hydrogens (tertiary/aromatic N) is 3. The van der Waals surface area contributed by atoms with Crippen LogP contribution in [-0.2, 0) is 6.54 Å². The predicted molar refractivity (Wildman–Crippen MR) is 79.1 cm³/mol. The van der Waals surface area contributed by atoms with Gasteiger partial charge in [0.15, 0.2) is 5.65 Å². The van der Waals surface area contributed by atoms with Gasteiger partial charge in [-0.25, -0.2) is 9.97 Å². The number of pyridine rings is 1. The molecule has 0 aliphatic heterocycles. The van der Waals surface area contributed by atoms with Crippen molar-refractivity contribution in [1.82, 2.24) is 14.5 Å². The zero-order valence-corrected chi connectivity index (χ0v) is 11.6. The van der Waals surface area contributed by atoms with Crippen molar-refractivity contribution in [1.29, 1.82) is 0 Å². The molecule has 0 amide bonds. The van der Waals surface area contributed by atoms with Crippen molar-refractivity contribution in [3.05, 3.63) is 69.4 Å². The van der Waals surface area contributed by atoms with Gasteiger partial charge in [-0.3, -0.25) is 9.36 Å². The average molecular weight is 286 g/mol. The zero-order valence-electron chi connectivity index (χ0n) is 10.9. The topological polar surface area (TPSA) is 47.8 Å². The van der Waals surface area contributed by atoms with Crippen LogP contribution in [0.4, 0.5) is 0 Å². The number of fused-ring (bicyclic) bond motifs is 1. The summed E-state index contributed by atoms with van der Waals surface area (Å²) in [6.45, 7) is 2.25. The van der Waals surface area contributed by atoms with Gasteiger partial charge in [-0.15, -0.1) is 0 Å². The van der Waals surface area contributed by atoms with Crippen LogP contribution >= 0.6 is 11.6 Å². The number of halogens is 1. The average Bonchev–Trinajstić information content (AvgIpc) is 2.43. The van der Waals surface area contributed by atoms with Crippen molar-refractivity contribution in [3.8, 4) is 0 Å². The first-order valence-corrected chi connectivity index (χ1v) is 6.59. The summed E-state index contributed by atoms with van der Waals surface area (Å²) in [5.74, 6) is 0.640. The second kappa shape index (κ2) is 5.06. The Hall–Kier alpha value is -2.20. The Labute approximate surface area is 120 Å². The highest BCUT2D eigenvalue weighted by atomic mass is 35.5. The van der Waals surface area contributed by atoms with Gasteiger partial charge in [-0.1, -0.05) is 23.7 Å². The molecule has 0 unspecified atom stereocenters. The van der Waals surface area contributed by atoms with E-state index in [1.807, 2.05) is 24.3 Å². The molecule has 0 radical (unpaired) electrons. The number of hydrogen-bond donors (Lipinski definition) is 0. The normalized spacial score (nSPS) is 10.9. The monoisotopic (exact) mass is 285 g/mol. The fraction of sp³-hybridized carbons (Fsp3) is 0.133. The van der Waals surface area contributed by atoms with Gasteiger partial charge in [-0.2, -0.15) is 0 Å². The van der Waals surface area contributed by atoms with Crippen LogP contribution in [0.15, 0.2) is 47.4 Å². The van der Waals surface area contributed by atoms with E-state index in [2.05, 4.69) is 9.97 Å². The van der Waals surface area contributed by atoms with Gasteiger partial charge in [0, 0.05) is 11.2 Å². The Bertz CT molecular complexity index is 842. The molecule has 100 valence electrons. The maximum Gasteiger partial charge on any atom is 0.263 e. The van der Waals surface area contributed by atoms with Crippen molar-refractivity contribution in [2.45, 2.75) is 13.5 Å². The van der Waals surface area contributed by atoms with Crippen molar-refractivity contribution >= 4 is 22.6 Å². The maximum atomic E-state index is 12.5. The van der Waals surface area contributed by atoms with Gasteiger partial charge in [-0.05, 0) is 36.8 Å². The molecule has 4 nitrogen and oxygen atoms in total. The first-order valence-electron chi connectivity index (χ1n) is 6.22. The minimum atomic E-state index is -0.0828. The van der Waals surface area contributed by atoms with E-state index in [9.17, 15) is 4.79 Å². The minimum absolute atomic E-state index is 0.0828. The molecule has 2 aromatic heterocycles. The molecule has 0 saturated heterocycles. The smallest absolute Gasteiger partial charge is 0.263 e. The molecule has 5 heteroatoms. The van der Waals surface area contributed by atoms with Gasteiger partial charge in [0.1, 0.15) is 5.82 Å². The van der Waals surface area contributed by atoms with Crippen LogP contribution < -0.4 is 5.56 Å². The second-order valence-electron chi connectivity index (χ2n) is 4.55. The van der Waals surface area contributed by atoms with Crippen molar-refractivity contribution in [3.63, 3.8) is 0 Å². The van der Waals surface area contributed by atoms with Gasteiger partial charge in [0.05, 0.1) is 11.9 Å². The summed E-state index contributed by atoms with van der Waals surface area (Å²) in [7, 11) is 0. The lowest BCUT2D eigenvalue weighted by atomic mass is 10.2. The second-order valence-corrected chi connectivity index (χ2v) is 4.99. The van der Waals surface area contributed by atoms with E-state index in [4.69, 9.17) is 11.6 Å². The fourth-order valence-electron chi connectivity index (χ4n) is 2.16. The van der Waals surface area contributed by atoms with E-state index in [1.165, 1.54) is 0 Å². The lowest BCUT2D eigenvalue weighted by Crippen LogP contribution is -2.24. The maximum absolute atomic E-state index is 12.5. The lowest BCUT2D eigenvalue weighted by molar-refractivity contribution is 0.711. The standard InChI is InChI=1S/C15H12ClN3O/c1-10-18-14-13(6-3-7-17-14)15(20)19(10)9-11-4-2-5-12(16)8-11/h2-8H,9H2,1H3. The zero-order chi connectivity index (χ0) is 14.1. The van der Waals surface area contributed by atoms with Gasteiger partial charge >= 0.3 is 0 Å². The lowest BCUT2D eigenvalue weighted by Gasteiger charge is -2.10. The number of hydrogen-bond acceptors (Lipinski definition) is 3. The van der Waals surface area contributed by atoms with Gasteiger partial charge in [0.25, 0.3) is 5.56 Å². The molecule has 0 fully saturated rings. The number of rotatable bonds is 2. The summed E-state index contributed by atoms with van der Waals surface area (Å²) in [5, 5.41) is 1.18. The third-order valence-electron chi connectivity index (χ3n) is 3.15. The van der Waals surface area contributed by atoms with E-state index in [0.717, 1.165) is 5.56 Å². The van der Waals surface area contributed by atoms with Crippen LogP contribution in [0.25, 0.3) is 11.0 Å². The van der Waals surface area contributed by atoms with E-state index >= 15 is 0 Å². The quantitative estimate of drug-likeness (QED) is 0.727. The minimum Gasteiger partial charge on any atom is -0.292 e. The van der Waals surface area contributed by atoms with Crippen LogP contribution in [0.3, 0.4) is 0 Å². The van der Waals surface area contributed by atoms with Gasteiger partial charge in [0.2, 0.25) is 0 Å². The van der Waals surface area contributed by atoms with Crippen molar-refractivity contribution in [2.24, 2.45) is 0 Å². The Morgan fingerprint density at radius 3 is 2.90 bits per heavy atom. The Balaban J connectivity index is 2.14. The van der Waals surface area contributed by atoms with Crippen LogP contribution in [0.5, 0.6) is 0 Å². The molecule has 20 heavy (non-hydrogen) atoms. The highest BCUT2D eigenvalue weighted by Gasteiger charge is 2.09. The molecule has 0 aliphatic carbocycles.